The molecule has 0 atom stereocenters. The van der Waals surface area contributed by atoms with Crippen molar-refractivity contribution in [2.24, 2.45) is 0 Å². The molecule has 5 rings (SSSR count). The summed E-state index contributed by atoms with van der Waals surface area (Å²) < 4.78 is 6.11. The van der Waals surface area contributed by atoms with Gasteiger partial charge in [0.1, 0.15) is 10.9 Å². The molecule has 0 aliphatic heterocycles. The van der Waals surface area contributed by atoms with Crippen LogP contribution in [0.2, 0.25) is 5.15 Å². The minimum Gasteiger partial charge on any atom is -0.437 e. The third kappa shape index (κ3) is 2.92. The predicted octanol–water partition coefficient (Wildman–Crippen LogP) is 6.44. The highest BCUT2D eigenvalue weighted by Gasteiger charge is 2.21. The van der Waals surface area contributed by atoms with Crippen LogP contribution < -0.4 is 5.43 Å². The number of nitrogens with zero attached hydrogens (tertiary/aromatic N) is 1. The van der Waals surface area contributed by atoms with Crippen molar-refractivity contribution in [3.05, 3.63) is 87.7 Å². The average Bonchev–Trinajstić information content (AvgIpc) is 2.68. The van der Waals surface area contributed by atoms with Crippen LogP contribution in [-0.4, -0.2) is 4.98 Å². The monoisotopic (exact) mass is 387 g/mol. The number of aromatic nitrogens is 1. The van der Waals surface area contributed by atoms with Crippen LogP contribution in [0.3, 0.4) is 0 Å². The molecule has 0 bridgehead atoms. The largest absolute Gasteiger partial charge is 0.437 e. The number of fused-ring (bicyclic) bond motifs is 1. The lowest BCUT2D eigenvalue weighted by atomic mass is 9.80. The van der Waals surface area contributed by atoms with E-state index in [4.69, 9.17) is 16.0 Å². The summed E-state index contributed by atoms with van der Waals surface area (Å²) in [5.74, 6) is 1.17. The van der Waals surface area contributed by atoms with Gasteiger partial charge in [0.25, 0.3) is 0 Å². The Morgan fingerprint density at radius 1 is 0.893 bits per heavy atom. The molecule has 2 heterocycles. The van der Waals surface area contributed by atoms with E-state index in [1.807, 2.05) is 42.5 Å². The Bertz CT molecular complexity index is 1210. The molecule has 0 amide bonds. The normalized spacial score (nSPS) is 14.2. The molecule has 0 saturated heterocycles. The summed E-state index contributed by atoms with van der Waals surface area (Å²) in [4.78, 5) is 17.6. The van der Waals surface area contributed by atoms with Crippen molar-refractivity contribution >= 4 is 22.7 Å². The van der Waals surface area contributed by atoms with Crippen molar-refractivity contribution < 1.29 is 4.42 Å². The van der Waals surface area contributed by atoms with E-state index in [-0.39, 0.29) is 11.1 Å². The average molecular weight is 388 g/mol. The standard InChI is InChI=1S/C24H18ClNO2/c25-20-14-13-19-22(27)21(17-11-9-16(10-12-17)15-7-4-8-15)23(28-24(19)26-20)18-5-2-1-3-6-18/h1-3,5-6,9-15H,4,7-8H2. The summed E-state index contributed by atoms with van der Waals surface area (Å²) in [7, 11) is 0. The highest BCUT2D eigenvalue weighted by Crippen LogP contribution is 2.38. The van der Waals surface area contributed by atoms with Gasteiger partial charge in [0.2, 0.25) is 11.1 Å². The Labute approximate surface area is 167 Å². The molecule has 4 aromatic rings. The van der Waals surface area contributed by atoms with Crippen LogP contribution in [0.15, 0.2) is 75.9 Å². The van der Waals surface area contributed by atoms with Gasteiger partial charge in [-0.2, -0.15) is 0 Å². The van der Waals surface area contributed by atoms with Gasteiger partial charge in [-0.05, 0) is 42.0 Å². The van der Waals surface area contributed by atoms with Crippen LogP contribution in [0.1, 0.15) is 30.7 Å². The molecule has 2 aromatic heterocycles. The first-order valence-corrected chi connectivity index (χ1v) is 9.87. The first kappa shape index (κ1) is 17.2. The molecule has 1 aliphatic carbocycles. The minimum absolute atomic E-state index is 0.0966. The highest BCUT2D eigenvalue weighted by atomic mass is 35.5. The number of benzene rings is 2. The number of hydrogen-bond donors (Lipinski definition) is 0. The Hall–Kier alpha value is -2.91. The summed E-state index contributed by atoms with van der Waals surface area (Å²) in [6.45, 7) is 0. The van der Waals surface area contributed by atoms with Crippen LogP contribution >= 0.6 is 11.6 Å². The molecule has 0 radical (unpaired) electrons. The highest BCUT2D eigenvalue weighted by molar-refractivity contribution is 6.29. The van der Waals surface area contributed by atoms with E-state index in [9.17, 15) is 4.79 Å². The molecule has 2 aromatic carbocycles. The van der Waals surface area contributed by atoms with E-state index >= 15 is 0 Å². The lowest BCUT2D eigenvalue weighted by molar-refractivity contribution is 0.420. The fourth-order valence-electron chi connectivity index (χ4n) is 3.77. The van der Waals surface area contributed by atoms with Crippen LogP contribution in [0.5, 0.6) is 0 Å². The van der Waals surface area contributed by atoms with E-state index in [1.54, 1.807) is 12.1 Å². The summed E-state index contributed by atoms with van der Waals surface area (Å²) in [6.07, 6.45) is 3.80. The zero-order chi connectivity index (χ0) is 19.1. The lowest BCUT2D eigenvalue weighted by Crippen LogP contribution is -2.10. The lowest BCUT2D eigenvalue weighted by Gasteiger charge is -2.25. The van der Waals surface area contributed by atoms with Crippen molar-refractivity contribution in [1.29, 1.82) is 0 Å². The molecule has 0 spiro atoms. The molecule has 4 heteroatoms. The van der Waals surface area contributed by atoms with Crippen LogP contribution in [0, 0.1) is 0 Å². The van der Waals surface area contributed by atoms with Crippen molar-refractivity contribution in [2.45, 2.75) is 25.2 Å². The van der Waals surface area contributed by atoms with Gasteiger partial charge >= 0.3 is 0 Å². The fraction of sp³-hybridized carbons (Fsp3) is 0.167. The second-order valence-corrected chi connectivity index (χ2v) is 7.63. The summed E-state index contributed by atoms with van der Waals surface area (Å²) in [6, 6.07) is 21.3. The van der Waals surface area contributed by atoms with Crippen molar-refractivity contribution in [1.82, 2.24) is 4.98 Å². The van der Waals surface area contributed by atoms with Gasteiger partial charge in [0.05, 0.1) is 10.9 Å². The first-order chi connectivity index (χ1) is 13.7. The number of halogens is 1. The molecule has 1 aliphatic rings. The van der Waals surface area contributed by atoms with E-state index < -0.39 is 0 Å². The SMILES string of the molecule is O=c1c(-c2ccc(C3CCC3)cc2)c(-c2ccccc2)oc2nc(Cl)ccc12. The molecular formula is C24H18ClNO2. The summed E-state index contributed by atoms with van der Waals surface area (Å²) >= 11 is 6.02. The Morgan fingerprint density at radius 3 is 2.32 bits per heavy atom. The minimum atomic E-state index is -0.0966. The van der Waals surface area contributed by atoms with Gasteiger partial charge in [0, 0.05) is 5.56 Å². The predicted molar refractivity (Wildman–Crippen MR) is 113 cm³/mol. The summed E-state index contributed by atoms with van der Waals surface area (Å²) in [5, 5.41) is 0.731. The third-order valence-corrected chi connectivity index (χ3v) is 5.75. The maximum absolute atomic E-state index is 13.4. The molecule has 28 heavy (non-hydrogen) atoms. The van der Waals surface area contributed by atoms with E-state index in [0.29, 0.717) is 27.8 Å². The zero-order valence-corrected chi connectivity index (χ0v) is 15.9. The molecule has 1 saturated carbocycles. The molecule has 1 fully saturated rings. The molecule has 0 unspecified atom stereocenters. The maximum Gasteiger partial charge on any atom is 0.231 e. The Kier molecular flexibility index (Phi) is 4.25. The third-order valence-electron chi connectivity index (χ3n) is 5.54. The number of pyridine rings is 1. The smallest absolute Gasteiger partial charge is 0.231 e. The van der Waals surface area contributed by atoms with Gasteiger partial charge in [-0.3, -0.25) is 4.79 Å². The number of rotatable bonds is 3. The molecular weight excluding hydrogens is 370 g/mol. The van der Waals surface area contributed by atoms with Gasteiger partial charge in [-0.15, -0.1) is 0 Å². The van der Waals surface area contributed by atoms with Gasteiger partial charge in [-0.1, -0.05) is 72.6 Å². The summed E-state index contributed by atoms with van der Waals surface area (Å²) in [5.41, 5.74) is 3.75. The fourth-order valence-corrected chi connectivity index (χ4v) is 3.91. The topological polar surface area (TPSA) is 43.1 Å². The van der Waals surface area contributed by atoms with Gasteiger partial charge in [0.15, 0.2) is 0 Å². The van der Waals surface area contributed by atoms with Gasteiger partial charge < -0.3 is 4.42 Å². The second kappa shape index (κ2) is 6.92. The Morgan fingerprint density at radius 2 is 1.64 bits per heavy atom. The van der Waals surface area contributed by atoms with Crippen LogP contribution in [-0.2, 0) is 0 Å². The molecule has 138 valence electrons. The Balaban J connectivity index is 1.75. The van der Waals surface area contributed by atoms with Crippen LogP contribution in [0.4, 0.5) is 0 Å². The van der Waals surface area contributed by atoms with Gasteiger partial charge in [-0.25, -0.2) is 4.98 Å². The molecule has 3 nitrogen and oxygen atoms in total. The van der Waals surface area contributed by atoms with Crippen LogP contribution in [0.25, 0.3) is 33.6 Å². The van der Waals surface area contributed by atoms with Crippen molar-refractivity contribution in [3.63, 3.8) is 0 Å². The quantitative estimate of drug-likeness (QED) is 0.380. The second-order valence-electron chi connectivity index (χ2n) is 7.24. The number of hydrogen-bond acceptors (Lipinski definition) is 3. The van der Waals surface area contributed by atoms with E-state index in [0.717, 1.165) is 11.1 Å². The van der Waals surface area contributed by atoms with E-state index in [1.165, 1.54) is 24.8 Å². The van der Waals surface area contributed by atoms with E-state index in [2.05, 4.69) is 17.1 Å². The first-order valence-electron chi connectivity index (χ1n) is 9.50. The van der Waals surface area contributed by atoms with Crippen molar-refractivity contribution in [2.75, 3.05) is 0 Å². The van der Waals surface area contributed by atoms with Crippen molar-refractivity contribution in [3.8, 4) is 22.5 Å². The molecule has 0 N–H and O–H groups in total. The maximum atomic E-state index is 13.4. The zero-order valence-electron chi connectivity index (χ0n) is 15.2.